The molecule has 0 unspecified atom stereocenters. The highest BCUT2D eigenvalue weighted by Crippen LogP contribution is 2.34. The summed E-state index contributed by atoms with van der Waals surface area (Å²) in [5, 5.41) is 0. The van der Waals surface area contributed by atoms with Gasteiger partial charge in [0.25, 0.3) is 0 Å². The van der Waals surface area contributed by atoms with Crippen LogP contribution >= 0.6 is 0 Å². The van der Waals surface area contributed by atoms with Crippen LogP contribution in [0.25, 0.3) is 0 Å². The average Bonchev–Trinajstić information content (AvgIpc) is 2.84. The lowest BCUT2D eigenvalue weighted by Gasteiger charge is -2.25. The van der Waals surface area contributed by atoms with Crippen LogP contribution in [0, 0.1) is 5.82 Å². The van der Waals surface area contributed by atoms with E-state index in [9.17, 15) is 9.18 Å². The highest BCUT2D eigenvalue weighted by molar-refractivity contribution is 5.70. The van der Waals surface area contributed by atoms with Gasteiger partial charge in [-0.2, -0.15) is 0 Å². The van der Waals surface area contributed by atoms with Gasteiger partial charge in [0.05, 0.1) is 6.54 Å². The molecule has 0 aliphatic carbocycles. The van der Waals surface area contributed by atoms with E-state index in [0.717, 1.165) is 43.5 Å². The number of ether oxygens (including phenoxy) is 1. The van der Waals surface area contributed by atoms with Crippen molar-refractivity contribution in [3.05, 3.63) is 71.5 Å². The van der Waals surface area contributed by atoms with E-state index >= 15 is 0 Å². The fourth-order valence-electron chi connectivity index (χ4n) is 4.13. The molecule has 0 N–H and O–H groups in total. The van der Waals surface area contributed by atoms with Crippen LogP contribution in [0.2, 0.25) is 0 Å². The number of hydrogen-bond donors (Lipinski definition) is 0. The molecule has 2 fully saturated rings. The topological polar surface area (TPSA) is 32.8 Å². The maximum absolute atomic E-state index is 13.9. The zero-order valence-corrected chi connectivity index (χ0v) is 15.4. The minimum absolute atomic E-state index is 0.155. The molecule has 1 spiro atoms. The van der Waals surface area contributed by atoms with Gasteiger partial charge in [-0.3, -0.25) is 9.80 Å². The molecule has 4 nitrogen and oxygen atoms in total. The van der Waals surface area contributed by atoms with Gasteiger partial charge in [-0.1, -0.05) is 48.5 Å². The Hall–Kier alpha value is -2.40. The molecule has 4 rings (SSSR count). The first-order valence-electron chi connectivity index (χ1n) is 9.61. The Morgan fingerprint density at radius 3 is 2.56 bits per heavy atom. The average molecular weight is 368 g/mol. The predicted molar refractivity (Wildman–Crippen MR) is 102 cm³/mol. The van der Waals surface area contributed by atoms with Gasteiger partial charge in [-0.25, -0.2) is 9.18 Å². The molecule has 2 aliphatic rings. The Balaban J connectivity index is 1.39. The van der Waals surface area contributed by atoms with Gasteiger partial charge >= 0.3 is 6.09 Å². The summed E-state index contributed by atoms with van der Waals surface area (Å²) >= 11 is 0. The van der Waals surface area contributed by atoms with Crippen molar-refractivity contribution >= 4 is 6.09 Å². The molecule has 2 aromatic carbocycles. The highest BCUT2D eigenvalue weighted by Gasteiger charge is 2.45. The lowest BCUT2D eigenvalue weighted by Crippen LogP contribution is -2.35. The first-order valence-corrected chi connectivity index (χ1v) is 9.61. The molecule has 2 heterocycles. The van der Waals surface area contributed by atoms with E-state index in [4.69, 9.17) is 4.74 Å². The van der Waals surface area contributed by atoms with Crippen molar-refractivity contribution < 1.29 is 13.9 Å². The number of carbonyl (C=O) groups excluding carboxylic acids is 1. The summed E-state index contributed by atoms with van der Waals surface area (Å²) in [5.41, 5.74) is 1.43. The Labute approximate surface area is 159 Å². The summed E-state index contributed by atoms with van der Waals surface area (Å²) in [6.45, 7) is 3.52. The van der Waals surface area contributed by atoms with Gasteiger partial charge in [0.2, 0.25) is 0 Å². The Morgan fingerprint density at radius 2 is 1.74 bits per heavy atom. The molecule has 0 radical (unpaired) electrons. The van der Waals surface area contributed by atoms with Crippen molar-refractivity contribution in [3.63, 3.8) is 0 Å². The van der Waals surface area contributed by atoms with Crippen LogP contribution in [0.5, 0.6) is 0 Å². The normalized spacial score (nSPS) is 23.4. The summed E-state index contributed by atoms with van der Waals surface area (Å²) in [4.78, 5) is 16.5. The van der Waals surface area contributed by atoms with Gasteiger partial charge < -0.3 is 4.74 Å². The van der Waals surface area contributed by atoms with Gasteiger partial charge in [0, 0.05) is 31.6 Å². The van der Waals surface area contributed by atoms with Crippen molar-refractivity contribution in [2.24, 2.45) is 0 Å². The third kappa shape index (κ3) is 4.14. The van der Waals surface area contributed by atoms with E-state index < -0.39 is 5.60 Å². The van der Waals surface area contributed by atoms with Crippen LogP contribution < -0.4 is 0 Å². The molecule has 5 heteroatoms. The molecule has 2 aromatic rings. The molecular weight excluding hydrogens is 343 g/mol. The predicted octanol–water partition coefficient (Wildman–Crippen LogP) is 4.20. The third-order valence-corrected chi connectivity index (χ3v) is 5.60. The standard InChI is InChI=1S/C22H25FN2O2/c23-20-10-5-4-9-19(20)16-24-13-6-11-22(12-14-24)17-25(21(26)27-22)15-18-7-2-1-3-8-18/h1-5,7-10H,6,11-17H2/t22-/m1/s1. The first-order chi connectivity index (χ1) is 13.1. The van der Waals surface area contributed by atoms with Crippen molar-refractivity contribution in [2.75, 3.05) is 19.6 Å². The Morgan fingerprint density at radius 1 is 0.963 bits per heavy atom. The number of likely N-dealkylation sites (tertiary alicyclic amines) is 1. The number of hydrogen-bond acceptors (Lipinski definition) is 3. The van der Waals surface area contributed by atoms with Crippen molar-refractivity contribution in [3.8, 4) is 0 Å². The summed E-state index contributed by atoms with van der Waals surface area (Å²) in [7, 11) is 0. The van der Waals surface area contributed by atoms with Crippen LogP contribution in [0.15, 0.2) is 54.6 Å². The smallest absolute Gasteiger partial charge is 0.410 e. The highest BCUT2D eigenvalue weighted by atomic mass is 19.1. The lowest BCUT2D eigenvalue weighted by atomic mass is 9.95. The van der Waals surface area contributed by atoms with Gasteiger partial charge in [0.1, 0.15) is 11.4 Å². The second kappa shape index (κ2) is 7.69. The van der Waals surface area contributed by atoms with E-state index in [-0.39, 0.29) is 11.9 Å². The first kappa shape index (κ1) is 18.0. The minimum atomic E-state index is -0.407. The molecule has 27 heavy (non-hydrogen) atoms. The summed E-state index contributed by atoms with van der Waals surface area (Å²) in [5.74, 6) is -0.155. The van der Waals surface area contributed by atoms with Crippen LogP contribution in [-0.4, -0.2) is 41.1 Å². The lowest BCUT2D eigenvalue weighted by molar-refractivity contribution is 0.0443. The molecule has 2 saturated heterocycles. The SMILES string of the molecule is O=C1O[C@@]2(CCCN(Cc3ccccc3F)CC2)CN1Cc1ccccc1. The zero-order chi connectivity index (χ0) is 18.7. The van der Waals surface area contributed by atoms with E-state index in [0.29, 0.717) is 19.6 Å². The molecule has 2 aliphatic heterocycles. The molecule has 0 aromatic heterocycles. The second-order valence-corrected chi connectivity index (χ2v) is 7.61. The Kier molecular flexibility index (Phi) is 5.12. The maximum Gasteiger partial charge on any atom is 0.410 e. The van der Waals surface area contributed by atoms with Gasteiger partial charge in [0.15, 0.2) is 0 Å². The molecule has 142 valence electrons. The minimum Gasteiger partial charge on any atom is -0.441 e. The van der Waals surface area contributed by atoms with E-state index in [1.165, 1.54) is 6.07 Å². The molecule has 0 saturated carbocycles. The van der Waals surface area contributed by atoms with Gasteiger partial charge in [-0.15, -0.1) is 0 Å². The number of halogens is 1. The summed E-state index contributed by atoms with van der Waals surface area (Å²) in [6.07, 6.45) is 2.37. The summed E-state index contributed by atoms with van der Waals surface area (Å²) in [6, 6.07) is 16.9. The zero-order valence-electron chi connectivity index (χ0n) is 15.4. The van der Waals surface area contributed by atoms with Crippen LogP contribution in [0.1, 0.15) is 30.4 Å². The van der Waals surface area contributed by atoms with Crippen molar-refractivity contribution in [1.29, 1.82) is 0 Å². The number of amides is 1. The monoisotopic (exact) mass is 368 g/mol. The number of rotatable bonds is 4. The number of carbonyl (C=O) groups is 1. The van der Waals surface area contributed by atoms with E-state index in [1.807, 2.05) is 47.4 Å². The van der Waals surface area contributed by atoms with Crippen LogP contribution in [-0.2, 0) is 17.8 Å². The number of benzene rings is 2. The van der Waals surface area contributed by atoms with Crippen molar-refractivity contribution in [2.45, 2.75) is 38.0 Å². The molecule has 1 amide bonds. The van der Waals surface area contributed by atoms with Crippen LogP contribution in [0.4, 0.5) is 9.18 Å². The number of nitrogens with zero attached hydrogens (tertiary/aromatic N) is 2. The second-order valence-electron chi connectivity index (χ2n) is 7.61. The quantitative estimate of drug-likeness (QED) is 0.811. The van der Waals surface area contributed by atoms with E-state index in [1.54, 1.807) is 6.07 Å². The molecule has 0 bridgehead atoms. The summed E-state index contributed by atoms with van der Waals surface area (Å²) < 4.78 is 19.8. The van der Waals surface area contributed by atoms with Crippen LogP contribution in [0.3, 0.4) is 0 Å². The Bertz CT molecular complexity index is 798. The maximum atomic E-state index is 13.9. The van der Waals surface area contributed by atoms with E-state index in [2.05, 4.69) is 4.90 Å². The third-order valence-electron chi connectivity index (χ3n) is 5.60. The molecule has 1 atom stereocenters. The largest absolute Gasteiger partial charge is 0.441 e. The molecular formula is C22H25FN2O2. The fourth-order valence-corrected chi connectivity index (χ4v) is 4.13. The van der Waals surface area contributed by atoms with Gasteiger partial charge in [-0.05, 0) is 31.0 Å². The van der Waals surface area contributed by atoms with Crippen molar-refractivity contribution in [1.82, 2.24) is 9.80 Å². The fraction of sp³-hybridized carbons (Fsp3) is 0.409.